The van der Waals surface area contributed by atoms with Crippen molar-refractivity contribution in [1.82, 2.24) is 15.5 Å². The van der Waals surface area contributed by atoms with Crippen LogP contribution in [-0.4, -0.2) is 56.0 Å². The SMILES string of the molecule is CN=C(NCc1cccc(N2CC=CC2)c1)NC1CCN(C(=O)C2CCCCC2)C1.I. The van der Waals surface area contributed by atoms with Crippen molar-refractivity contribution in [3.8, 4) is 0 Å². The van der Waals surface area contributed by atoms with Gasteiger partial charge >= 0.3 is 0 Å². The highest BCUT2D eigenvalue weighted by atomic mass is 127. The lowest BCUT2D eigenvalue weighted by atomic mass is 9.88. The first-order valence-corrected chi connectivity index (χ1v) is 11.5. The van der Waals surface area contributed by atoms with Gasteiger partial charge in [-0.2, -0.15) is 0 Å². The first kappa shape index (κ1) is 23.9. The number of nitrogens with one attached hydrogen (secondary N) is 2. The number of rotatable bonds is 5. The van der Waals surface area contributed by atoms with Crippen molar-refractivity contribution in [2.75, 3.05) is 38.1 Å². The van der Waals surface area contributed by atoms with Gasteiger partial charge in [0.1, 0.15) is 0 Å². The van der Waals surface area contributed by atoms with Gasteiger partial charge in [0.05, 0.1) is 0 Å². The second-order valence-corrected chi connectivity index (χ2v) is 8.72. The molecule has 1 saturated heterocycles. The molecule has 0 bridgehead atoms. The Morgan fingerprint density at radius 1 is 1.13 bits per heavy atom. The average molecular weight is 537 g/mol. The fourth-order valence-corrected chi connectivity index (χ4v) is 4.81. The number of hydrogen-bond acceptors (Lipinski definition) is 3. The number of nitrogens with zero attached hydrogens (tertiary/aromatic N) is 3. The molecule has 1 aromatic carbocycles. The van der Waals surface area contributed by atoms with E-state index in [-0.39, 0.29) is 35.9 Å². The number of anilines is 1. The molecule has 2 N–H and O–H groups in total. The summed E-state index contributed by atoms with van der Waals surface area (Å²) in [5, 5.41) is 6.96. The number of amides is 1. The van der Waals surface area contributed by atoms with Gasteiger partial charge < -0.3 is 20.4 Å². The van der Waals surface area contributed by atoms with Gasteiger partial charge in [0.2, 0.25) is 5.91 Å². The molecule has 0 radical (unpaired) electrons. The van der Waals surface area contributed by atoms with Crippen LogP contribution in [0.25, 0.3) is 0 Å². The van der Waals surface area contributed by atoms with Crippen LogP contribution in [0.1, 0.15) is 44.1 Å². The molecule has 2 heterocycles. The first-order valence-electron chi connectivity index (χ1n) is 11.5. The highest BCUT2D eigenvalue weighted by Crippen LogP contribution is 2.26. The molecule has 7 heteroatoms. The second kappa shape index (κ2) is 11.7. The van der Waals surface area contributed by atoms with Gasteiger partial charge in [0, 0.05) is 57.4 Å². The topological polar surface area (TPSA) is 60.0 Å². The van der Waals surface area contributed by atoms with Crippen molar-refractivity contribution in [1.29, 1.82) is 0 Å². The first-order chi connectivity index (χ1) is 14.7. The molecule has 4 rings (SSSR count). The summed E-state index contributed by atoms with van der Waals surface area (Å²) < 4.78 is 0. The molecule has 1 aromatic rings. The highest BCUT2D eigenvalue weighted by Gasteiger charge is 2.31. The number of guanidine groups is 1. The Morgan fingerprint density at radius 2 is 1.90 bits per heavy atom. The van der Waals surface area contributed by atoms with Crippen molar-refractivity contribution in [2.24, 2.45) is 10.9 Å². The molecule has 1 aliphatic carbocycles. The van der Waals surface area contributed by atoms with Crippen molar-refractivity contribution < 1.29 is 4.79 Å². The third kappa shape index (κ3) is 6.37. The van der Waals surface area contributed by atoms with Crippen LogP contribution in [0.2, 0.25) is 0 Å². The Morgan fingerprint density at radius 3 is 2.65 bits per heavy atom. The number of carbonyl (C=O) groups excluding carboxylic acids is 1. The number of aliphatic imine (C=N–C) groups is 1. The zero-order valence-corrected chi connectivity index (χ0v) is 20.9. The zero-order valence-electron chi connectivity index (χ0n) is 18.6. The van der Waals surface area contributed by atoms with Crippen molar-refractivity contribution in [3.63, 3.8) is 0 Å². The minimum absolute atomic E-state index is 0. The molecule has 1 unspecified atom stereocenters. The molecule has 1 saturated carbocycles. The fourth-order valence-electron chi connectivity index (χ4n) is 4.81. The zero-order chi connectivity index (χ0) is 20.8. The number of carbonyl (C=O) groups is 1. The van der Waals surface area contributed by atoms with E-state index in [1.54, 1.807) is 0 Å². The Hall–Kier alpha value is -1.77. The summed E-state index contributed by atoms with van der Waals surface area (Å²) in [6.07, 6.45) is 11.2. The van der Waals surface area contributed by atoms with Crippen LogP contribution in [0.15, 0.2) is 41.4 Å². The Balaban J connectivity index is 0.00000272. The molecule has 6 nitrogen and oxygen atoms in total. The van der Waals surface area contributed by atoms with E-state index in [4.69, 9.17) is 0 Å². The minimum Gasteiger partial charge on any atom is -0.364 e. The van der Waals surface area contributed by atoms with E-state index >= 15 is 0 Å². The van der Waals surface area contributed by atoms with E-state index in [1.165, 1.54) is 30.5 Å². The molecule has 0 spiro atoms. The van der Waals surface area contributed by atoms with Crippen LogP contribution in [0.3, 0.4) is 0 Å². The summed E-state index contributed by atoms with van der Waals surface area (Å²) in [5.41, 5.74) is 2.50. The Labute approximate surface area is 203 Å². The summed E-state index contributed by atoms with van der Waals surface area (Å²) in [7, 11) is 1.81. The maximum absolute atomic E-state index is 12.8. The molecule has 31 heavy (non-hydrogen) atoms. The quantitative estimate of drug-likeness (QED) is 0.261. The minimum atomic E-state index is 0. The lowest BCUT2D eigenvalue weighted by molar-refractivity contribution is -0.135. The Kier molecular flexibility index (Phi) is 9.04. The van der Waals surface area contributed by atoms with Crippen molar-refractivity contribution >= 4 is 41.5 Å². The molecule has 2 aliphatic heterocycles. The predicted molar refractivity (Wildman–Crippen MR) is 138 cm³/mol. The third-order valence-electron chi connectivity index (χ3n) is 6.57. The highest BCUT2D eigenvalue weighted by molar-refractivity contribution is 14.0. The summed E-state index contributed by atoms with van der Waals surface area (Å²) in [6.45, 7) is 4.34. The standard InChI is InChI=1S/C24H35N5O.HI/c1-25-24(26-17-19-8-7-11-22(16-19)28-13-5-6-14-28)27-21-12-15-29(18-21)23(30)20-9-3-2-4-10-20;/h5-8,11,16,20-21H,2-4,9-10,12-15,17-18H2,1H3,(H2,25,26,27);1H. The van der Waals surface area contributed by atoms with Gasteiger partial charge in [-0.15, -0.1) is 24.0 Å². The van der Waals surface area contributed by atoms with E-state index in [1.807, 2.05) is 7.05 Å². The number of benzene rings is 1. The molecule has 1 amide bonds. The maximum atomic E-state index is 12.8. The van der Waals surface area contributed by atoms with E-state index < -0.39 is 0 Å². The van der Waals surface area contributed by atoms with Crippen molar-refractivity contribution in [3.05, 3.63) is 42.0 Å². The lowest BCUT2D eigenvalue weighted by Crippen LogP contribution is -2.45. The Bertz CT molecular complexity index is 782. The van der Waals surface area contributed by atoms with Gasteiger partial charge in [-0.1, -0.05) is 43.5 Å². The lowest BCUT2D eigenvalue weighted by Gasteiger charge is -2.26. The molecule has 0 aromatic heterocycles. The van der Waals surface area contributed by atoms with Crippen LogP contribution < -0.4 is 15.5 Å². The smallest absolute Gasteiger partial charge is 0.225 e. The second-order valence-electron chi connectivity index (χ2n) is 8.72. The maximum Gasteiger partial charge on any atom is 0.225 e. The molecule has 170 valence electrons. The summed E-state index contributed by atoms with van der Waals surface area (Å²) in [4.78, 5) is 21.6. The van der Waals surface area contributed by atoms with Gasteiger partial charge in [0.15, 0.2) is 5.96 Å². The van der Waals surface area contributed by atoms with E-state index in [0.717, 1.165) is 57.9 Å². The fraction of sp³-hybridized carbons (Fsp3) is 0.583. The molecule has 2 fully saturated rings. The monoisotopic (exact) mass is 537 g/mol. The van der Waals surface area contributed by atoms with Crippen LogP contribution in [-0.2, 0) is 11.3 Å². The summed E-state index contributed by atoms with van der Waals surface area (Å²) in [6, 6.07) is 8.94. The average Bonchev–Trinajstić information content (AvgIpc) is 3.49. The largest absolute Gasteiger partial charge is 0.364 e. The van der Waals surface area contributed by atoms with E-state index in [9.17, 15) is 4.79 Å². The third-order valence-corrected chi connectivity index (χ3v) is 6.57. The van der Waals surface area contributed by atoms with Gasteiger partial charge in [0.25, 0.3) is 0 Å². The van der Waals surface area contributed by atoms with Gasteiger partial charge in [-0.25, -0.2) is 0 Å². The van der Waals surface area contributed by atoms with Crippen LogP contribution in [0.4, 0.5) is 5.69 Å². The molecule has 1 atom stereocenters. The van der Waals surface area contributed by atoms with Gasteiger partial charge in [-0.3, -0.25) is 9.79 Å². The normalized spacial score (nSPS) is 21.8. The number of hydrogen-bond donors (Lipinski definition) is 2. The number of halogens is 1. The molecule has 3 aliphatic rings. The van der Waals surface area contributed by atoms with E-state index in [2.05, 4.69) is 61.8 Å². The van der Waals surface area contributed by atoms with Crippen LogP contribution in [0, 0.1) is 5.92 Å². The summed E-state index contributed by atoms with van der Waals surface area (Å²) in [5.74, 6) is 1.43. The predicted octanol–water partition coefficient (Wildman–Crippen LogP) is 3.53. The van der Waals surface area contributed by atoms with Crippen LogP contribution in [0.5, 0.6) is 0 Å². The van der Waals surface area contributed by atoms with Crippen molar-refractivity contribution in [2.45, 2.75) is 51.1 Å². The number of likely N-dealkylation sites (tertiary alicyclic amines) is 1. The molecular formula is C24H36IN5O. The van der Waals surface area contributed by atoms with Gasteiger partial charge in [-0.05, 0) is 37.0 Å². The van der Waals surface area contributed by atoms with Crippen LogP contribution >= 0.6 is 24.0 Å². The van der Waals surface area contributed by atoms with E-state index in [0.29, 0.717) is 5.91 Å². The summed E-state index contributed by atoms with van der Waals surface area (Å²) >= 11 is 0. The molecular weight excluding hydrogens is 501 g/mol.